The average Bonchev–Trinajstić information content (AvgIpc) is 2.32. The normalized spacial score (nSPS) is 14.5. The van der Waals surface area contributed by atoms with E-state index in [0.717, 1.165) is 0 Å². The van der Waals surface area contributed by atoms with Gasteiger partial charge < -0.3 is 9.29 Å². The predicted octanol–water partition coefficient (Wildman–Crippen LogP) is 3.21. The molecular weight excluding hydrogens is 305 g/mol. The molecule has 0 spiro atoms. The van der Waals surface area contributed by atoms with Gasteiger partial charge in [0.05, 0.1) is 11.4 Å². The second-order valence-electron chi connectivity index (χ2n) is 5.32. The van der Waals surface area contributed by atoms with Crippen LogP contribution in [0.4, 0.5) is 13.2 Å². The Kier molecular flexibility index (Phi) is 5.63. The Morgan fingerprint density at radius 1 is 1.33 bits per heavy atom. The van der Waals surface area contributed by atoms with Crippen LogP contribution in [0.1, 0.15) is 32.2 Å². The van der Waals surface area contributed by atoms with E-state index in [9.17, 15) is 17.7 Å². The standard InChI is InChI=1S/C13H17F3N2O2S/c1-9-11(20-8-13(14,15)16)6-5-10(18-9)7-17-21(19)12(2,3)4/h5-7H,8H2,1-4H3. The molecule has 4 nitrogen and oxygen atoms in total. The Bertz CT molecular complexity index is 513. The minimum Gasteiger partial charge on any atom is -0.591 e. The highest BCUT2D eigenvalue weighted by Gasteiger charge is 2.29. The van der Waals surface area contributed by atoms with Crippen LogP contribution in [0.15, 0.2) is 16.5 Å². The van der Waals surface area contributed by atoms with Gasteiger partial charge in [0.2, 0.25) is 0 Å². The maximum absolute atomic E-state index is 12.1. The van der Waals surface area contributed by atoms with Crippen LogP contribution >= 0.6 is 0 Å². The van der Waals surface area contributed by atoms with Crippen molar-refractivity contribution in [3.63, 3.8) is 0 Å². The first-order valence-corrected chi connectivity index (χ1v) is 7.23. The third-order valence-corrected chi connectivity index (χ3v) is 3.60. The van der Waals surface area contributed by atoms with E-state index in [2.05, 4.69) is 14.1 Å². The van der Waals surface area contributed by atoms with Crippen molar-refractivity contribution in [3.05, 3.63) is 23.5 Å². The van der Waals surface area contributed by atoms with E-state index in [-0.39, 0.29) is 5.75 Å². The van der Waals surface area contributed by atoms with Crippen LogP contribution in [0.5, 0.6) is 5.75 Å². The molecule has 21 heavy (non-hydrogen) atoms. The van der Waals surface area contributed by atoms with Gasteiger partial charge in [-0.15, -0.1) is 0 Å². The molecule has 0 aromatic carbocycles. The van der Waals surface area contributed by atoms with Crippen molar-refractivity contribution in [3.8, 4) is 5.75 Å². The van der Waals surface area contributed by atoms with Crippen LogP contribution in [-0.4, -0.2) is 33.3 Å². The topological polar surface area (TPSA) is 57.5 Å². The van der Waals surface area contributed by atoms with Crippen LogP contribution in [0.3, 0.4) is 0 Å². The Morgan fingerprint density at radius 2 is 1.95 bits per heavy atom. The van der Waals surface area contributed by atoms with Gasteiger partial charge in [-0.05, 0) is 39.8 Å². The highest BCUT2D eigenvalue weighted by molar-refractivity contribution is 7.91. The van der Waals surface area contributed by atoms with E-state index >= 15 is 0 Å². The summed E-state index contributed by atoms with van der Waals surface area (Å²) in [4.78, 5) is 4.05. The molecule has 0 N–H and O–H groups in total. The van der Waals surface area contributed by atoms with E-state index < -0.39 is 28.9 Å². The van der Waals surface area contributed by atoms with E-state index in [0.29, 0.717) is 11.4 Å². The fraction of sp³-hybridized carbons (Fsp3) is 0.538. The Morgan fingerprint density at radius 3 is 2.43 bits per heavy atom. The maximum atomic E-state index is 12.1. The maximum Gasteiger partial charge on any atom is 0.422 e. The number of rotatable bonds is 4. The molecule has 1 rings (SSSR count). The Hall–Kier alpha value is -1.28. The number of pyridine rings is 1. The lowest BCUT2D eigenvalue weighted by Gasteiger charge is -2.17. The number of hydrogen-bond donors (Lipinski definition) is 0. The lowest BCUT2D eigenvalue weighted by atomic mass is 10.3. The molecule has 0 aliphatic rings. The Labute approximate surface area is 124 Å². The van der Waals surface area contributed by atoms with Crippen LogP contribution in [0.25, 0.3) is 0 Å². The summed E-state index contributed by atoms with van der Waals surface area (Å²) in [5.74, 6) is 0.0569. The summed E-state index contributed by atoms with van der Waals surface area (Å²) in [6, 6.07) is 2.84. The van der Waals surface area contributed by atoms with Crippen molar-refractivity contribution in [1.82, 2.24) is 4.98 Å². The smallest absolute Gasteiger partial charge is 0.422 e. The number of hydrogen-bond acceptors (Lipinski definition) is 4. The molecule has 1 heterocycles. The first-order valence-electron chi connectivity index (χ1n) is 6.12. The minimum atomic E-state index is -4.39. The van der Waals surface area contributed by atoms with Gasteiger partial charge in [0, 0.05) is 0 Å². The monoisotopic (exact) mass is 322 g/mol. The molecule has 0 saturated carbocycles. The van der Waals surface area contributed by atoms with Crippen molar-refractivity contribution < 1.29 is 22.5 Å². The van der Waals surface area contributed by atoms with Crippen molar-refractivity contribution in [2.45, 2.75) is 38.6 Å². The second-order valence-corrected chi connectivity index (χ2v) is 7.25. The van der Waals surface area contributed by atoms with Gasteiger partial charge in [-0.2, -0.15) is 13.2 Å². The molecular formula is C13H17F3N2O2S. The first-order chi connectivity index (χ1) is 9.49. The molecule has 1 aromatic rings. The predicted molar refractivity (Wildman–Crippen MR) is 76.0 cm³/mol. The zero-order chi connectivity index (χ0) is 16.3. The fourth-order valence-corrected chi connectivity index (χ4v) is 1.73. The molecule has 0 amide bonds. The van der Waals surface area contributed by atoms with Crippen LogP contribution in [0, 0.1) is 6.92 Å². The van der Waals surface area contributed by atoms with Gasteiger partial charge >= 0.3 is 6.18 Å². The van der Waals surface area contributed by atoms with Crippen molar-refractivity contribution in [2.75, 3.05) is 6.61 Å². The third kappa shape index (κ3) is 6.34. The number of nitrogens with zero attached hydrogens (tertiary/aromatic N) is 2. The molecule has 0 aliphatic carbocycles. The molecule has 0 aliphatic heterocycles. The zero-order valence-corrected chi connectivity index (χ0v) is 13.0. The molecule has 0 bridgehead atoms. The largest absolute Gasteiger partial charge is 0.591 e. The fourth-order valence-electron chi connectivity index (χ4n) is 1.21. The van der Waals surface area contributed by atoms with Gasteiger partial charge in [0.25, 0.3) is 0 Å². The van der Waals surface area contributed by atoms with Crippen molar-refractivity contribution >= 4 is 17.6 Å². The number of ether oxygens (including phenoxy) is 1. The first kappa shape index (κ1) is 17.8. The SMILES string of the molecule is Cc1nc(C=N[S+]([O-])C(C)(C)C)ccc1OCC(F)(F)F. The Balaban J connectivity index is 2.77. The summed E-state index contributed by atoms with van der Waals surface area (Å²) < 4.78 is 56.0. The van der Waals surface area contributed by atoms with Crippen molar-refractivity contribution in [1.29, 1.82) is 0 Å². The summed E-state index contributed by atoms with van der Waals surface area (Å²) in [5, 5.41) is 0. The van der Waals surface area contributed by atoms with E-state index in [4.69, 9.17) is 0 Å². The summed E-state index contributed by atoms with van der Waals surface area (Å²) in [6.07, 6.45) is -3.06. The molecule has 1 atom stereocenters. The summed E-state index contributed by atoms with van der Waals surface area (Å²) in [6.45, 7) is 5.52. The quantitative estimate of drug-likeness (QED) is 0.632. The van der Waals surface area contributed by atoms with Crippen molar-refractivity contribution in [2.24, 2.45) is 4.40 Å². The molecule has 0 radical (unpaired) electrons. The summed E-state index contributed by atoms with van der Waals surface area (Å²) in [5.41, 5.74) is 0.717. The summed E-state index contributed by atoms with van der Waals surface area (Å²) >= 11 is -1.42. The lowest BCUT2D eigenvalue weighted by Crippen LogP contribution is -2.25. The molecule has 118 valence electrons. The van der Waals surface area contributed by atoms with E-state index in [1.807, 2.05) is 0 Å². The minimum absolute atomic E-state index is 0.0569. The van der Waals surface area contributed by atoms with E-state index in [1.165, 1.54) is 25.3 Å². The highest BCUT2D eigenvalue weighted by Crippen LogP contribution is 2.21. The van der Waals surface area contributed by atoms with Gasteiger partial charge in [0.1, 0.15) is 28.1 Å². The molecule has 8 heteroatoms. The lowest BCUT2D eigenvalue weighted by molar-refractivity contribution is -0.153. The molecule has 1 unspecified atom stereocenters. The average molecular weight is 322 g/mol. The van der Waals surface area contributed by atoms with E-state index in [1.54, 1.807) is 20.8 Å². The number of halogens is 3. The van der Waals surface area contributed by atoms with Crippen LogP contribution < -0.4 is 4.74 Å². The molecule has 0 saturated heterocycles. The number of aryl methyl sites for hydroxylation is 1. The molecule has 1 aromatic heterocycles. The van der Waals surface area contributed by atoms with Gasteiger partial charge in [-0.1, -0.05) is 4.40 Å². The number of aromatic nitrogens is 1. The number of alkyl halides is 3. The molecule has 0 fully saturated rings. The zero-order valence-electron chi connectivity index (χ0n) is 12.2. The summed E-state index contributed by atoms with van der Waals surface area (Å²) in [7, 11) is 0. The van der Waals surface area contributed by atoms with Gasteiger partial charge in [-0.3, -0.25) is 0 Å². The van der Waals surface area contributed by atoms with Gasteiger partial charge in [-0.25, -0.2) is 4.98 Å². The van der Waals surface area contributed by atoms with Crippen LogP contribution in [-0.2, 0) is 11.4 Å². The van der Waals surface area contributed by atoms with Crippen LogP contribution in [0.2, 0.25) is 0 Å². The third-order valence-electron chi connectivity index (χ3n) is 2.25. The van der Waals surface area contributed by atoms with Gasteiger partial charge in [0.15, 0.2) is 6.61 Å². The second kappa shape index (κ2) is 6.65. The highest BCUT2D eigenvalue weighted by atomic mass is 32.2.